The van der Waals surface area contributed by atoms with Crippen LogP contribution in [0.25, 0.3) is 0 Å². The summed E-state index contributed by atoms with van der Waals surface area (Å²) in [6, 6.07) is 23.0. The van der Waals surface area contributed by atoms with Gasteiger partial charge in [0.25, 0.3) is 0 Å². The van der Waals surface area contributed by atoms with Gasteiger partial charge >= 0.3 is 0 Å². The van der Waals surface area contributed by atoms with Crippen LogP contribution in [0.4, 0.5) is 5.69 Å². The summed E-state index contributed by atoms with van der Waals surface area (Å²) in [4.78, 5) is 4.64. The molecule has 204 valence electrons. The Labute approximate surface area is 231 Å². The van der Waals surface area contributed by atoms with E-state index in [1.807, 2.05) is 24.3 Å². The van der Waals surface area contributed by atoms with Gasteiger partial charge < -0.3 is 19.6 Å². The predicted octanol–water partition coefficient (Wildman–Crippen LogP) is 7.12. The zero-order valence-electron chi connectivity index (χ0n) is 24.2. The van der Waals surface area contributed by atoms with Gasteiger partial charge in [0, 0.05) is 30.4 Å². The Morgan fingerprint density at radius 2 is 1.50 bits per heavy atom. The quantitative estimate of drug-likeness (QED) is 0.325. The van der Waals surface area contributed by atoms with Crippen LogP contribution >= 0.6 is 0 Å². The number of hydrogen-bond donors (Lipinski definition) is 1. The third kappa shape index (κ3) is 9.15. The second-order valence-electron chi connectivity index (χ2n) is 10.6. The summed E-state index contributed by atoms with van der Waals surface area (Å²) in [5.74, 6) is 1.31. The molecule has 0 spiro atoms. The van der Waals surface area contributed by atoms with Crippen molar-refractivity contribution in [1.29, 1.82) is 0 Å². The number of terminal acetylenes is 1. The largest absolute Gasteiger partial charge is 0.508 e. The summed E-state index contributed by atoms with van der Waals surface area (Å²) < 4.78 is 5.35. The Morgan fingerprint density at radius 3 is 2.11 bits per heavy atom. The first kappa shape index (κ1) is 30.8. The zero-order chi connectivity index (χ0) is 28.1. The minimum Gasteiger partial charge on any atom is -0.508 e. The van der Waals surface area contributed by atoms with Gasteiger partial charge in [-0.15, -0.1) is 12.8 Å². The molecule has 0 aliphatic heterocycles. The van der Waals surface area contributed by atoms with Gasteiger partial charge in [-0.05, 0) is 113 Å². The number of rotatable bonds is 8. The number of methoxy groups -OCH3 is 1. The smallest absolute Gasteiger partial charge is 0.120 e. The van der Waals surface area contributed by atoms with Gasteiger partial charge in [-0.3, -0.25) is 0 Å². The molecule has 0 bridgehead atoms. The summed E-state index contributed by atoms with van der Waals surface area (Å²) in [6.07, 6.45) is 14.0. The summed E-state index contributed by atoms with van der Waals surface area (Å²) in [5, 5.41) is 9.19. The summed E-state index contributed by atoms with van der Waals surface area (Å²) in [5.41, 5.74) is 6.84. The third-order valence-electron chi connectivity index (χ3n) is 7.38. The van der Waals surface area contributed by atoms with Gasteiger partial charge in [-0.1, -0.05) is 36.4 Å². The molecule has 0 atom stereocenters. The van der Waals surface area contributed by atoms with Crippen molar-refractivity contribution in [3.63, 3.8) is 0 Å². The number of nitrogens with zero attached hydrogens (tertiary/aromatic N) is 2. The van der Waals surface area contributed by atoms with Crippen molar-refractivity contribution < 1.29 is 9.84 Å². The molecule has 0 unspecified atom stereocenters. The van der Waals surface area contributed by atoms with Crippen LogP contribution in [0, 0.1) is 12.8 Å². The number of fused-ring (bicyclic) bond motifs is 1. The number of ether oxygens (including phenoxy) is 1. The molecule has 1 N–H and O–H groups in total. The molecular formula is C34H46N2O2. The maximum Gasteiger partial charge on any atom is 0.120 e. The van der Waals surface area contributed by atoms with Crippen LogP contribution in [-0.4, -0.2) is 43.3 Å². The van der Waals surface area contributed by atoms with Crippen molar-refractivity contribution in [3.05, 3.63) is 89.0 Å². The maximum absolute atomic E-state index is 9.19. The second-order valence-corrected chi connectivity index (χ2v) is 10.6. The molecule has 0 amide bonds. The Kier molecular flexibility index (Phi) is 12.2. The van der Waals surface area contributed by atoms with E-state index in [0.717, 1.165) is 31.7 Å². The van der Waals surface area contributed by atoms with Gasteiger partial charge in [0.15, 0.2) is 0 Å². The van der Waals surface area contributed by atoms with E-state index in [9.17, 15) is 5.11 Å². The lowest BCUT2D eigenvalue weighted by atomic mass is 9.92. The van der Waals surface area contributed by atoms with Crippen LogP contribution in [-0.2, 0) is 25.8 Å². The Balaban J connectivity index is 0.000000321. The fraction of sp³-hybridized carbons (Fsp3) is 0.412. The van der Waals surface area contributed by atoms with Crippen LogP contribution in [0.1, 0.15) is 55.9 Å². The van der Waals surface area contributed by atoms with Crippen LogP contribution in [0.5, 0.6) is 11.5 Å². The molecule has 0 radical (unpaired) electrons. The molecule has 1 aliphatic rings. The number of likely N-dealkylation sites (N-methyl/N-ethyl adjacent to an activating group) is 1. The molecule has 4 heteroatoms. The van der Waals surface area contributed by atoms with Crippen molar-refractivity contribution in [2.24, 2.45) is 0 Å². The van der Waals surface area contributed by atoms with Crippen molar-refractivity contribution in [1.82, 2.24) is 4.90 Å². The highest BCUT2D eigenvalue weighted by atomic mass is 16.5. The van der Waals surface area contributed by atoms with Crippen LogP contribution in [0.2, 0.25) is 0 Å². The third-order valence-corrected chi connectivity index (χ3v) is 7.38. The number of hydrogen-bond acceptors (Lipinski definition) is 4. The van der Waals surface area contributed by atoms with Gasteiger partial charge in [-0.25, -0.2) is 0 Å². The van der Waals surface area contributed by atoms with Crippen molar-refractivity contribution in [2.75, 3.05) is 32.6 Å². The van der Waals surface area contributed by atoms with E-state index in [4.69, 9.17) is 4.74 Å². The standard InChI is InChI=1S/C22H32N2O.C10H12O.C2H2/c1-7-24(20-9-8-10-21(15-20)25-6)17-19-13-11-18(12-14-19)16-22(2,3)23(4)5;11-10-6-5-8-3-1-2-4-9(8)7-10;1-2/h8-15H,7,16-17H2,1-6H3;5-7,11H,1-4H2;1-2H. The first-order valence-electron chi connectivity index (χ1n) is 13.5. The molecule has 3 aromatic rings. The lowest BCUT2D eigenvalue weighted by Crippen LogP contribution is -2.40. The molecule has 0 heterocycles. The first-order chi connectivity index (χ1) is 18.2. The number of benzene rings is 3. The lowest BCUT2D eigenvalue weighted by Gasteiger charge is -2.32. The normalized spacial score (nSPS) is 12.3. The van der Waals surface area contributed by atoms with E-state index in [1.165, 1.54) is 47.2 Å². The highest BCUT2D eigenvalue weighted by Crippen LogP contribution is 2.25. The Morgan fingerprint density at radius 1 is 0.868 bits per heavy atom. The van der Waals surface area contributed by atoms with Gasteiger partial charge in [0.1, 0.15) is 11.5 Å². The molecule has 0 saturated carbocycles. The first-order valence-corrected chi connectivity index (χ1v) is 13.5. The number of aryl methyl sites for hydroxylation is 2. The minimum atomic E-state index is 0.164. The molecule has 3 aromatic carbocycles. The van der Waals surface area contributed by atoms with Crippen molar-refractivity contribution in [3.8, 4) is 24.3 Å². The number of aromatic hydroxyl groups is 1. The van der Waals surface area contributed by atoms with E-state index < -0.39 is 0 Å². The maximum atomic E-state index is 9.19. The zero-order valence-corrected chi connectivity index (χ0v) is 24.2. The molecule has 38 heavy (non-hydrogen) atoms. The average molecular weight is 515 g/mol. The highest BCUT2D eigenvalue weighted by molar-refractivity contribution is 5.51. The monoisotopic (exact) mass is 514 g/mol. The Bertz CT molecular complexity index is 1130. The van der Waals surface area contributed by atoms with E-state index in [1.54, 1.807) is 13.2 Å². The fourth-order valence-corrected chi connectivity index (χ4v) is 4.55. The van der Waals surface area contributed by atoms with Crippen LogP contribution < -0.4 is 9.64 Å². The van der Waals surface area contributed by atoms with Gasteiger partial charge in [0.2, 0.25) is 0 Å². The van der Waals surface area contributed by atoms with Crippen LogP contribution in [0.15, 0.2) is 66.7 Å². The SMILES string of the molecule is C#C.CCN(Cc1ccc(CC(C)(C)N(C)C)cc1)c1cccc(OC)c1.Oc1ccc2c(c1)CCCC2. The lowest BCUT2D eigenvalue weighted by molar-refractivity contribution is 0.195. The molecule has 4 rings (SSSR count). The topological polar surface area (TPSA) is 35.9 Å². The van der Waals surface area contributed by atoms with E-state index in [-0.39, 0.29) is 5.54 Å². The molecule has 1 aliphatic carbocycles. The van der Waals surface area contributed by atoms with E-state index >= 15 is 0 Å². The van der Waals surface area contributed by atoms with E-state index in [0.29, 0.717) is 5.75 Å². The van der Waals surface area contributed by atoms with Gasteiger partial charge in [-0.2, -0.15) is 0 Å². The molecule has 4 nitrogen and oxygen atoms in total. The Hall–Kier alpha value is -3.42. The highest BCUT2D eigenvalue weighted by Gasteiger charge is 2.20. The van der Waals surface area contributed by atoms with E-state index in [2.05, 4.69) is 93.9 Å². The van der Waals surface area contributed by atoms with Gasteiger partial charge in [0.05, 0.1) is 7.11 Å². The minimum absolute atomic E-state index is 0.164. The summed E-state index contributed by atoms with van der Waals surface area (Å²) >= 11 is 0. The van der Waals surface area contributed by atoms with Crippen molar-refractivity contribution in [2.45, 2.75) is 65.0 Å². The summed E-state index contributed by atoms with van der Waals surface area (Å²) in [6.45, 7) is 8.61. The summed E-state index contributed by atoms with van der Waals surface area (Å²) in [7, 11) is 5.99. The number of phenolic OH excluding ortho intramolecular Hbond substituents is 1. The fourth-order valence-electron chi connectivity index (χ4n) is 4.55. The molecule has 0 fully saturated rings. The molecule has 0 aromatic heterocycles. The predicted molar refractivity (Wildman–Crippen MR) is 162 cm³/mol. The average Bonchev–Trinajstić information content (AvgIpc) is 2.93. The van der Waals surface area contributed by atoms with Crippen LogP contribution in [0.3, 0.4) is 0 Å². The second kappa shape index (κ2) is 15.1. The molecular weight excluding hydrogens is 468 g/mol. The van der Waals surface area contributed by atoms with Crippen molar-refractivity contribution >= 4 is 5.69 Å². The number of anilines is 1. The molecule has 0 saturated heterocycles. The number of phenols is 1.